The maximum absolute atomic E-state index is 10.9. The van der Waals surface area contributed by atoms with Gasteiger partial charge in [-0.2, -0.15) is 0 Å². The molecule has 0 atom stereocenters. The predicted octanol–water partition coefficient (Wildman–Crippen LogP) is 2.66. The molecule has 0 spiro atoms. The largest absolute Gasteiger partial charge is 0.303 e. The minimum atomic E-state index is 0.547. The van der Waals surface area contributed by atoms with Crippen molar-refractivity contribution in [2.45, 2.75) is 33.1 Å². The summed E-state index contributed by atoms with van der Waals surface area (Å²) in [6, 6.07) is 4.04. The van der Waals surface area contributed by atoms with Crippen LogP contribution in [-0.2, 0) is 12.8 Å². The maximum atomic E-state index is 10.9. The van der Waals surface area contributed by atoms with E-state index in [-0.39, 0.29) is 0 Å². The van der Waals surface area contributed by atoms with Gasteiger partial charge in [0.2, 0.25) is 0 Å². The molecule has 3 heteroatoms. The Balaban J connectivity index is 2.65. The molecule has 0 unspecified atom stereocenters. The lowest BCUT2D eigenvalue weighted by Gasteiger charge is -2.02. The van der Waals surface area contributed by atoms with E-state index in [0.717, 1.165) is 36.9 Å². The molecule has 0 fully saturated rings. The Kier molecular flexibility index (Phi) is 3.04. The molecule has 16 heavy (non-hydrogen) atoms. The van der Waals surface area contributed by atoms with Crippen molar-refractivity contribution in [2.24, 2.45) is 0 Å². The lowest BCUT2D eigenvalue weighted by Crippen LogP contribution is -1.95. The van der Waals surface area contributed by atoms with Gasteiger partial charge in [0.05, 0.1) is 5.52 Å². The van der Waals surface area contributed by atoms with E-state index in [4.69, 9.17) is 0 Å². The lowest BCUT2D eigenvalue weighted by molar-refractivity contribution is 0.112. The number of carbonyl (C=O) groups excluding carboxylic acids is 1. The van der Waals surface area contributed by atoms with E-state index < -0.39 is 0 Å². The van der Waals surface area contributed by atoms with Crippen LogP contribution in [0, 0.1) is 0 Å². The minimum absolute atomic E-state index is 0.547. The summed E-state index contributed by atoms with van der Waals surface area (Å²) < 4.78 is 2.05. The molecule has 0 aliphatic heterocycles. The van der Waals surface area contributed by atoms with Crippen LogP contribution < -0.4 is 0 Å². The summed E-state index contributed by atoms with van der Waals surface area (Å²) in [5, 5.41) is 0. The summed E-state index contributed by atoms with van der Waals surface area (Å²) >= 11 is 0. The number of rotatable bonds is 4. The summed E-state index contributed by atoms with van der Waals surface area (Å²) in [4.78, 5) is 15.3. The number of hydrogen-bond donors (Lipinski definition) is 0. The van der Waals surface area contributed by atoms with E-state index in [1.807, 2.05) is 10.5 Å². The second-order valence-corrected chi connectivity index (χ2v) is 3.93. The van der Waals surface area contributed by atoms with E-state index in [2.05, 4.69) is 31.1 Å². The Labute approximate surface area is 95.1 Å². The second-order valence-electron chi connectivity index (χ2n) is 3.93. The third-order valence-electron chi connectivity index (χ3n) is 2.79. The molecule has 2 rings (SSSR count). The molecule has 0 bridgehead atoms. The third kappa shape index (κ3) is 1.73. The number of hydrogen-bond acceptors (Lipinski definition) is 2. The first-order valence-electron chi connectivity index (χ1n) is 5.75. The summed E-state index contributed by atoms with van der Waals surface area (Å²) in [7, 11) is 0. The third-order valence-corrected chi connectivity index (χ3v) is 2.79. The zero-order valence-corrected chi connectivity index (χ0v) is 9.73. The average Bonchev–Trinajstić information content (AvgIpc) is 2.67. The van der Waals surface area contributed by atoms with Gasteiger partial charge < -0.3 is 4.40 Å². The molecule has 0 aliphatic carbocycles. The summed E-state index contributed by atoms with van der Waals surface area (Å²) in [5.74, 6) is 0.981. The Morgan fingerprint density at radius 1 is 1.38 bits per heavy atom. The fourth-order valence-corrected chi connectivity index (χ4v) is 1.91. The minimum Gasteiger partial charge on any atom is -0.303 e. The highest BCUT2D eigenvalue weighted by Gasteiger charge is 2.09. The van der Waals surface area contributed by atoms with Gasteiger partial charge in [0.1, 0.15) is 11.5 Å². The highest BCUT2D eigenvalue weighted by atomic mass is 16.1. The van der Waals surface area contributed by atoms with Gasteiger partial charge in [-0.1, -0.05) is 19.9 Å². The first kappa shape index (κ1) is 10.9. The van der Waals surface area contributed by atoms with Crippen LogP contribution in [0.1, 0.15) is 42.1 Å². The molecule has 3 nitrogen and oxygen atoms in total. The predicted molar refractivity (Wildman–Crippen MR) is 64.0 cm³/mol. The normalized spacial score (nSPS) is 10.9. The fourth-order valence-electron chi connectivity index (χ4n) is 1.91. The highest BCUT2D eigenvalue weighted by Crippen LogP contribution is 2.15. The van der Waals surface area contributed by atoms with Crippen molar-refractivity contribution in [3.8, 4) is 0 Å². The van der Waals surface area contributed by atoms with E-state index in [1.54, 1.807) is 0 Å². The van der Waals surface area contributed by atoms with Crippen molar-refractivity contribution >= 4 is 11.8 Å². The van der Waals surface area contributed by atoms with E-state index in [0.29, 0.717) is 5.69 Å². The Bertz CT molecular complexity index is 514. The molecule has 0 aliphatic rings. The molecular formula is C13H16N2O. The standard InChI is InChI=1S/C13H16N2O/c1-3-5-13-14-11(9-16)12-7-6-10(4-2)8-15(12)13/h6-9H,3-5H2,1-2H3. The Morgan fingerprint density at radius 3 is 2.81 bits per heavy atom. The van der Waals surface area contributed by atoms with Gasteiger partial charge in [0.15, 0.2) is 6.29 Å². The van der Waals surface area contributed by atoms with Crippen molar-refractivity contribution in [1.82, 2.24) is 9.38 Å². The summed E-state index contributed by atoms with van der Waals surface area (Å²) in [6.45, 7) is 4.24. The van der Waals surface area contributed by atoms with Crippen LogP contribution in [-0.4, -0.2) is 15.7 Å². The second kappa shape index (κ2) is 4.47. The Hall–Kier alpha value is -1.64. The molecule has 0 saturated carbocycles. The molecule has 0 radical (unpaired) electrons. The topological polar surface area (TPSA) is 34.4 Å². The van der Waals surface area contributed by atoms with Crippen LogP contribution in [0.4, 0.5) is 0 Å². The molecular weight excluding hydrogens is 200 g/mol. The zero-order valence-electron chi connectivity index (χ0n) is 9.73. The van der Waals surface area contributed by atoms with Crippen molar-refractivity contribution in [3.63, 3.8) is 0 Å². The lowest BCUT2D eigenvalue weighted by atomic mass is 10.2. The van der Waals surface area contributed by atoms with E-state index in [9.17, 15) is 4.79 Å². The molecule has 0 saturated heterocycles. The number of fused-ring (bicyclic) bond motifs is 1. The molecule has 0 aromatic carbocycles. The van der Waals surface area contributed by atoms with Gasteiger partial charge in [-0.25, -0.2) is 4.98 Å². The zero-order chi connectivity index (χ0) is 11.5. The van der Waals surface area contributed by atoms with Gasteiger partial charge in [-0.15, -0.1) is 0 Å². The number of aryl methyl sites for hydroxylation is 2. The molecule has 2 heterocycles. The van der Waals surface area contributed by atoms with Crippen LogP contribution >= 0.6 is 0 Å². The molecule has 2 aromatic rings. The van der Waals surface area contributed by atoms with Crippen molar-refractivity contribution in [1.29, 1.82) is 0 Å². The molecule has 84 valence electrons. The van der Waals surface area contributed by atoms with Gasteiger partial charge in [-0.05, 0) is 24.5 Å². The van der Waals surface area contributed by atoms with Crippen LogP contribution in [0.3, 0.4) is 0 Å². The molecule has 2 aromatic heterocycles. The first-order chi connectivity index (χ1) is 7.80. The van der Waals surface area contributed by atoms with Crippen LogP contribution in [0.25, 0.3) is 5.52 Å². The smallest absolute Gasteiger partial charge is 0.170 e. The number of pyridine rings is 1. The van der Waals surface area contributed by atoms with E-state index >= 15 is 0 Å². The SMILES string of the molecule is CCCc1nc(C=O)c2ccc(CC)cn12. The highest BCUT2D eigenvalue weighted by molar-refractivity contribution is 5.83. The van der Waals surface area contributed by atoms with Gasteiger partial charge in [0.25, 0.3) is 0 Å². The first-order valence-corrected chi connectivity index (χ1v) is 5.75. The number of nitrogens with zero attached hydrogens (tertiary/aromatic N) is 2. The van der Waals surface area contributed by atoms with Crippen LogP contribution in [0.5, 0.6) is 0 Å². The van der Waals surface area contributed by atoms with Crippen molar-refractivity contribution < 1.29 is 4.79 Å². The maximum Gasteiger partial charge on any atom is 0.170 e. The summed E-state index contributed by atoms with van der Waals surface area (Å²) in [6.07, 6.45) is 5.85. The fraction of sp³-hybridized carbons (Fsp3) is 0.385. The van der Waals surface area contributed by atoms with Crippen molar-refractivity contribution in [2.75, 3.05) is 0 Å². The van der Waals surface area contributed by atoms with Crippen LogP contribution in [0.15, 0.2) is 18.3 Å². The van der Waals surface area contributed by atoms with Gasteiger partial charge >= 0.3 is 0 Å². The quantitative estimate of drug-likeness (QED) is 0.736. The number of aromatic nitrogens is 2. The number of carbonyl (C=O) groups is 1. The van der Waals surface area contributed by atoms with Gasteiger partial charge in [0, 0.05) is 12.6 Å². The molecule has 0 amide bonds. The average molecular weight is 216 g/mol. The van der Waals surface area contributed by atoms with Gasteiger partial charge in [-0.3, -0.25) is 4.79 Å². The Morgan fingerprint density at radius 2 is 2.19 bits per heavy atom. The summed E-state index contributed by atoms with van der Waals surface area (Å²) in [5.41, 5.74) is 2.72. The monoisotopic (exact) mass is 216 g/mol. The van der Waals surface area contributed by atoms with Crippen LogP contribution in [0.2, 0.25) is 0 Å². The number of aldehydes is 1. The molecule has 0 N–H and O–H groups in total. The van der Waals surface area contributed by atoms with E-state index in [1.165, 1.54) is 5.56 Å². The number of imidazole rings is 1. The van der Waals surface area contributed by atoms with Crippen molar-refractivity contribution in [3.05, 3.63) is 35.4 Å².